The summed E-state index contributed by atoms with van der Waals surface area (Å²) in [5, 5.41) is 0. The summed E-state index contributed by atoms with van der Waals surface area (Å²) in [6.07, 6.45) is 10.3. The van der Waals surface area contributed by atoms with E-state index in [4.69, 9.17) is 9.73 Å². The fraction of sp³-hybridized carbons (Fsp3) is 0.457. The lowest BCUT2D eigenvalue weighted by atomic mass is 9.82. The van der Waals surface area contributed by atoms with Crippen LogP contribution in [0.25, 0.3) is 11.1 Å². The molecule has 3 heteroatoms. The minimum atomic E-state index is 0.463. The Labute approximate surface area is 230 Å². The highest BCUT2D eigenvalue weighted by Gasteiger charge is 2.26. The summed E-state index contributed by atoms with van der Waals surface area (Å²) in [5.41, 5.74) is 13.5. The zero-order chi connectivity index (χ0) is 26.8. The molecule has 0 radical (unpaired) electrons. The lowest BCUT2D eigenvalue weighted by Gasteiger charge is -2.33. The lowest BCUT2D eigenvalue weighted by molar-refractivity contribution is 0.264. The van der Waals surface area contributed by atoms with Gasteiger partial charge in [-0.3, -0.25) is 4.99 Å². The van der Waals surface area contributed by atoms with Crippen LogP contribution in [0.3, 0.4) is 0 Å². The smallest absolute Gasteiger partial charge is 0.124 e. The summed E-state index contributed by atoms with van der Waals surface area (Å²) in [6.45, 7) is 16.3. The van der Waals surface area contributed by atoms with Gasteiger partial charge in [-0.1, -0.05) is 63.6 Å². The Morgan fingerprint density at radius 1 is 1.03 bits per heavy atom. The van der Waals surface area contributed by atoms with Crippen molar-refractivity contribution in [3.63, 3.8) is 0 Å². The van der Waals surface area contributed by atoms with Gasteiger partial charge in [-0.05, 0) is 104 Å². The standard InChI is InChI=1S/C35H44N2O/c1-7-27-12-8-10-24(4)34(23(2)3)26(6)35(27)37-18-19-38-33-17-16-29(20-31(33)22-37)30-15-14-28-13-9-11-25(5)36-32(28)21-30/h8,10,14-17,20-21,23-24H,7,9,11-13,18-19,22H2,1-6H3. The van der Waals surface area contributed by atoms with E-state index in [1.165, 1.54) is 51.2 Å². The topological polar surface area (TPSA) is 24.8 Å². The van der Waals surface area contributed by atoms with Gasteiger partial charge in [0.25, 0.3) is 0 Å². The first-order chi connectivity index (χ1) is 18.4. The number of hydrogen-bond acceptors (Lipinski definition) is 3. The van der Waals surface area contributed by atoms with Gasteiger partial charge in [0.1, 0.15) is 12.4 Å². The zero-order valence-corrected chi connectivity index (χ0v) is 24.2. The Bertz CT molecular complexity index is 1320. The van der Waals surface area contributed by atoms with Gasteiger partial charge in [0.15, 0.2) is 0 Å². The van der Waals surface area contributed by atoms with Crippen molar-refractivity contribution in [3.05, 3.63) is 82.1 Å². The first-order valence-corrected chi connectivity index (χ1v) is 14.6. The number of hydrogen-bond donors (Lipinski definition) is 0. The molecule has 0 spiro atoms. The van der Waals surface area contributed by atoms with Crippen LogP contribution in [0.4, 0.5) is 5.69 Å². The van der Waals surface area contributed by atoms with Crippen molar-refractivity contribution in [2.45, 2.75) is 80.2 Å². The molecule has 0 N–H and O–H groups in total. The maximum absolute atomic E-state index is 6.32. The fourth-order valence-corrected chi connectivity index (χ4v) is 6.71. The van der Waals surface area contributed by atoms with Crippen LogP contribution in [0.1, 0.15) is 78.4 Å². The highest BCUT2D eigenvalue weighted by molar-refractivity contribution is 5.86. The Hall–Kier alpha value is -3.07. The third kappa shape index (κ3) is 5.39. The molecule has 2 aliphatic heterocycles. The number of nitrogens with zero attached hydrogens (tertiary/aromatic N) is 2. The molecule has 0 fully saturated rings. The second-order valence-corrected chi connectivity index (χ2v) is 11.6. The van der Waals surface area contributed by atoms with Gasteiger partial charge in [0, 0.05) is 23.5 Å². The van der Waals surface area contributed by atoms with E-state index in [1.54, 1.807) is 5.57 Å². The van der Waals surface area contributed by atoms with Crippen LogP contribution in [-0.2, 0) is 13.0 Å². The average Bonchev–Trinajstić information content (AvgIpc) is 3.20. The van der Waals surface area contributed by atoms with Gasteiger partial charge in [-0.15, -0.1) is 0 Å². The van der Waals surface area contributed by atoms with Gasteiger partial charge in [0.2, 0.25) is 0 Å². The van der Waals surface area contributed by atoms with E-state index in [2.05, 4.69) is 95.0 Å². The van der Waals surface area contributed by atoms with Crippen molar-refractivity contribution in [1.29, 1.82) is 0 Å². The van der Waals surface area contributed by atoms with E-state index in [0.717, 1.165) is 50.2 Å². The van der Waals surface area contributed by atoms with Crippen LogP contribution >= 0.6 is 0 Å². The summed E-state index contributed by atoms with van der Waals surface area (Å²) in [7, 11) is 0. The van der Waals surface area contributed by atoms with Crippen molar-refractivity contribution in [2.75, 3.05) is 13.2 Å². The third-order valence-electron chi connectivity index (χ3n) is 8.52. The number of rotatable bonds is 4. The van der Waals surface area contributed by atoms with Crippen molar-refractivity contribution in [3.8, 4) is 16.9 Å². The Morgan fingerprint density at radius 3 is 2.61 bits per heavy atom. The molecule has 1 aliphatic carbocycles. The molecule has 0 aromatic heterocycles. The second-order valence-electron chi connectivity index (χ2n) is 11.6. The molecule has 0 bridgehead atoms. The van der Waals surface area contributed by atoms with Crippen LogP contribution in [0.15, 0.2) is 76.0 Å². The van der Waals surface area contributed by atoms with E-state index < -0.39 is 0 Å². The molecule has 2 aromatic rings. The average molecular weight is 509 g/mol. The normalized spacial score (nSPS) is 20.2. The molecule has 2 heterocycles. The molecule has 1 atom stereocenters. The van der Waals surface area contributed by atoms with E-state index in [1.807, 2.05) is 0 Å². The second kappa shape index (κ2) is 11.4. The predicted molar refractivity (Wildman–Crippen MR) is 161 cm³/mol. The largest absolute Gasteiger partial charge is 0.491 e. The van der Waals surface area contributed by atoms with E-state index >= 15 is 0 Å². The molecule has 1 unspecified atom stereocenters. The van der Waals surface area contributed by atoms with Crippen LogP contribution in [-0.4, -0.2) is 23.8 Å². The van der Waals surface area contributed by atoms with Crippen molar-refractivity contribution in [2.24, 2.45) is 16.8 Å². The molecule has 3 nitrogen and oxygen atoms in total. The molecule has 0 saturated carbocycles. The summed E-state index contributed by atoms with van der Waals surface area (Å²) in [4.78, 5) is 7.54. The third-order valence-corrected chi connectivity index (χ3v) is 8.52. The Balaban J connectivity index is 1.54. The lowest BCUT2D eigenvalue weighted by Crippen LogP contribution is -2.28. The minimum Gasteiger partial charge on any atom is -0.491 e. The molecule has 2 aromatic carbocycles. The Kier molecular flexibility index (Phi) is 7.93. The van der Waals surface area contributed by atoms with Crippen LogP contribution in [0.5, 0.6) is 5.75 Å². The predicted octanol–water partition coefficient (Wildman–Crippen LogP) is 9.21. The summed E-state index contributed by atoms with van der Waals surface area (Å²) in [6, 6.07) is 13.6. The molecule has 5 rings (SSSR count). The summed E-state index contributed by atoms with van der Waals surface area (Å²) >= 11 is 0. The minimum absolute atomic E-state index is 0.463. The zero-order valence-electron chi connectivity index (χ0n) is 24.2. The summed E-state index contributed by atoms with van der Waals surface area (Å²) < 4.78 is 6.32. The van der Waals surface area contributed by atoms with Gasteiger partial charge in [-0.2, -0.15) is 0 Å². The highest BCUT2D eigenvalue weighted by Crippen LogP contribution is 2.38. The molecular formula is C35H44N2O. The molecular weight excluding hydrogens is 464 g/mol. The number of aliphatic imine (C=N–C) groups is 1. The van der Waals surface area contributed by atoms with Gasteiger partial charge in [0.05, 0.1) is 12.2 Å². The van der Waals surface area contributed by atoms with E-state index in [9.17, 15) is 0 Å². The number of ether oxygens (including phenoxy) is 1. The number of benzene rings is 2. The maximum atomic E-state index is 6.32. The SMILES string of the molecule is CCC1=C(N2CCOc3ccc(-c4ccc5c(c4)N=C(C)CCC5)cc3C2)C(C)=C(C(C)C)C(C)C=CC1. The van der Waals surface area contributed by atoms with Crippen LogP contribution < -0.4 is 4.74 Å². The van der Waals surface area contributed by atoms with E-state index in [-0.39, 0.29) is 0 Å². The van der Waals surface area contributed by atoms with Crippen LogP contribution in [0, 0.1) is 11.8 Å². The van der Waals surface area contributed by atoms with Crippen molar-refractivity contribution >= 4 is 11.4 Å². The first kappa shape index (κ1) is 26.5. The monoisotopic (exact) mass is 508 g/mol. The summed E-state index contributed by atoms with van der Waals surface area (Å²) in [5.74, 6) is 2.00. The molecule has 0 amide bonds. The molecule has 200 valence electrons. The first-order valence-electron chi connectivity index (χ1n) is 14.6. The molecule has 38 heavy (non-hydrogen) atoms. The maximum Gasteiger partial charge on any atom is 0.124 e. The molecule has 0 saturated heterocycles. The fourth-order valence-electron chi connectivity index (χ4n) is 6.71. The number of aryl methyl sites for hydroxylation is 1. The number of allylic oxidation sites excluding steroid dienone is 5. The van der Waals surface area contributed by atoms with Crippen LogP contribution in [0.2, 0.25) is 0 Å². The van der Waals surface area contributed by atoms with Crippen molar-refractivity contribution in [1.82, 2.24) is 4.90 Å². The molecule has 3 aliphatic rings. The van der Waals surface area contributed by atoms with Gasteiger partial charge >= 0.3 is 0 Å². The van der Waals surface area contributed by atoms with Gasteiger partial charge < -0.3 is 9.64 Å². The number of fused-ring (bicyclic) bond motifs is 2. The highest BCUT2D eigenvalue weighted by atomic mass is 16.5. The quantitative estimate of drug-likeness (QED) is 0.385. The Morgan fingerprint density at radius 2 is 1.82 bits per heavy atom. The van der Waals surface area contributed by atoms with Crippen molar-refractivity contribution < 1.29 is 4.74 Å². The van der Waals surface area contributed by atoms with Gasteiger partial charge in [-0.25, -0.2) is 0 Å². The van der Waals surface area contributed by atoms with E-state index in [0.29, 0.717) is 18.4 Å².